The number of alkyl halides is 4. The zero-order valence-electron chi connectivity index (χ0n) is 14.5. The molecule has 0 unspecified atom stereocenters. The maximum atomic E-state index is 12.7. The van der Waals surface area contributed by atoms with E-state index in [9.17, 15) is 27.5 Å². The minimum Gasteiger partial charge on any atom is -0.481 e. The molecule has 1 heterocycles. The average molecular weight is 411 g/mol. The molecule has 152 valence electrons. The third-order valence-corrected chi connectivity index (χ3v) is 3.67. The summed E-state index contributed by atoms with van der Waals surface area (Å²) in [5, 5.41) is 9.19. The van der Waals surface area contributed by atoms with Crippen LogP contribution in [0.1, 0.15) is 17.9 Å². The van der Waals surface area contributed by atoms with E-state index in [-0.39, 0.29) is 17.0 Å². The van der Waals surface area contributed by atoms with E-state index in [1.54, 1.807) is 24.3 Å². The molecule has 0 bridgehead atoms. The Kier molecular flexibility index (Phi) is 6.01. The van der Waals surface area contributed by atoms with Crippen molar-refractivity contribution >= 4 is 28.7 Å². The van der Waals surface area contributed by atoms with E-state index in [0.29, 0.717) is 11.1 Å². The van der Waals surface area contributed by atoms with Gasteiger partial charge in [-0.05, 0) is 30.3 Å². The van der Waals surface area contributed by atoms with Crippen molar-refractivity contribution in [3.63, 3.8) is 0 Å². The lowest BCUT2D eigenvalue weighted by Crippen LogP contribution is -2.06. The second-order valence-corrected chi connectivity index (χ2v) is 5.68. The molecule has 10 heteroatoms. The number of carboxylic acids is 1. The molecule has 3 rings (SSSR count). The van der Waals surface area contributed by atoms with Gasteiger partial charge >= 0.3 is 19.2 Å². The van der Waals surface area contributed by atoms with Gasteiger partial charge in [-0.25, -0.2) is 4.98 Å². The minimum absolute atomic E-state index is 0.00502. The summed E-state index contributed by atoms with van der Waals surface area (Å²) in [7, 11) is 0. The average Bonchev–Trinajstić information content (AvgIpc) is 3.06. The minimum atomic E-state index is -3.24. The highest BCUT2D eigenvalue weighted by atomic mass is 19.3. The second kappa shape index (κ2) is 8.63. The Bertz CT molecular complexity index is 1020. The van der Waals surface area contributed by atoms with Crippen molar-refractivity contribution in [1.82, 2.24) is 4.98 Å². The van der Waals surface area contributed by atoms with Crippen LogP contribution in [-0.4, -0.2) is 29.3 Å². The second-order valence-electron chi connectivity index (χ2n) is 5.68. The van der Waals surface area contributed by atoms with Crippen molar-refractivity contribution in [2.75, 3.05) is 0 Å². The number of aromatic nitrogens is 1. The van der Waals surface area contributed by atoms with Crippen LogP contribution in [0.3, 0.4) is 0 Å². The molecule has 1 N–H and O–H groups in total. The Hall–Kier alpha value is -3.56. The fourth-order valence-corrected chi connectivity index (χ4v) is 2.56. The molecule has 0 amide bonds. The number of carbonyl (C=O) groups is 1. The van der Waals surface area contributed by atoms with Crippen LogP contribution in [0.25, 0.3) is 22.7 Å². The quantitative estimate of drug-likeness (QED) is 0.523. The van der Waals surface area contributed by atoms with Gasteiger partial charge in [0.15, 0.2) is 5.58 Å². The van der Waals surface area contributed by atoms with Gasteiger partial charge in [0.1, 0.15) is 17.0 Å². The van der Waals surface area contributed by atoms with Crippen LogP contribution in [0.5, 0.6) is 11.5 Å². The Morgan fingerprint density at radius 1 is 1.10 bits per heavy atom. The van der Waals surface area contributed by atoms with Crippen LogP contribution in [0.4, 0.5) is 17.6 Å². The highest BCUT2D eigenvalue weighted by Crippen LogP contribution is 2.32. The first-order valence-corrected chi connectivity index (χ1v) is 8.14. The highest BCUT2D eigenvalue weighted by molar-refractivity contribution is 5.91. The van der Waals surface area contributed by atoms with Gasteiger partial charge in [0, 0.05) is 17.2 Å². The fraction of sp³-hybridized carbons (Fsp3) is 0.158. The fourth-order valence-electron chi connectivity index (χ4n) is 2.56. The van der Waals surface area contributed by atoms with E-state index in [4.69, 9.17) is 4.42 Å². The van der Waals surface area contributed by atoms with Crippen LogP contribution in [0.2, 0.25) is 0 Å². The number of halogens is 4. The van der Waals surface area contributed by atoms with Gasteiger partial charge in [0.2, 0.25) is 5.89 Å². The van der Waals surface area contributed by atoms with Crippen LogP contribution >= 0.6 is 0 Å². The van der Waals surface area contributed by atoms with Gasteiger partial charge in [-0.15, -0.1) is 0 Å². The Morgan fingerprint density at radius 2 is 1.83 bits per heavy atom. The molecule has 0 radical (unpaired) electrons. The Balaban J connectivity index is 2.07. The van der Waals surface area contributed by atoms with Gasteiger partial charge < -0.3 is 19.0 Å². The smallest absolute Gasteiger partial charge is 0.387 e. The van der Waals surface area contributed by atoms with Crippen LogP contribution < -0.4 is 9.47 Å². The number of nitrogens with zero attached hydrogens (tertiary/aromatic N) is 1. The van der Waals surface area contributed by atoms with E-state index in [1.807, 2.05) is 0 Å². The molecule has 1 aromatic heterocycles. The molecular formula is C19H13F4NO5. The third-order valence-electron chi connectivity index (χ3n) is 3.67. The molecule has 0 fully saturated rings. The molecule has 0 aliphatic heterocycles. The summed E-state index contributed by atoms with van der Waals surface area (Å²) in [6, 6.07) is 9.85. The molecule has 29 heavy (non-hydrogen) atoms. The summed E-state index contributed by atoms with van der Waals surface area (Å²) in [5.41, 5.74) is 0.952. The maximum Gasteiger partial charge on any atom is 0.387 e. The van der Waals surface area contributed by atoms with Crippen molar-refractivity contribution in [3.8, 4) is 11.5 Å². The molecule has 0 spiro atoms. The summed E-state index contributed by atoms with van der Waals surface area (Å²) < 4.78 is 64.4. The lowest BCUT2D eigenvalue weighted by atomic mass is 10.1. The molecule has 0 atom stereocenters. The summed E-state index contributed by atoms with van der Waals surface area (Å²) in [6.07, 6.45) is 0.693. The topological polar surface area (TPSA) is 81.8 Å². The number of para-hydroxylation sites is 2. The molecule has 3 aromatic rings. The normalized spacial score (nSPS) is 12.0. The SMILES string of the molecule is O=C(O)C/C(=C\c1ccc(OC(F)F)cc1OC(F)F)c1nc2ccccc2o1. The standard InChI is InChI=1S/C19H13F4NO5/c20-18(21)27-12-6-5-10(15(9-12)29-19(22)23)7-11(8-16(25)26)17-24-13-3-1-2-4-14(13)28-17/h1-7,9,18-19H,8H2,(H,25,26)/b11-7+. The number of hydrogen-bond acceptors (Lipinski definition) is 5. The van der Waals surface area contributed by atoms with Gasteiger partial charge in [-0.3, -0.25) is 4.79 Å². The monoisotopic (exact) mass is 411 g/mol. The van der Waals surface area contributed by atoms with Crippen LogP contribution in [0.15, 0.2) is 46.9 Å². The Morgan fingerprint density at radius 3 is 2.48 bits per heavy atom. The maximum absolute atomic E-state index is 12.7. The van der Waals surface area contributed by atoms with Gasteiger partial charge in [-0.2, -0.15) is 17.6 Å². The predicted molar refractivity (Wildman–Crippen MR) is 93.8 cm³/mol. The summed E-state index contributed by atoms with van der Waals surface area (Å²) in [6.45, 7) is -6.39. The molecule has 0 saturated carbocycles. The van der Waals surface area contributed by atoms with E-state index >= 15 is 0 Å². The predicted octanol–water partition coefficient (Wildman–Crippen LogP) is 5.05. The Labute approximate surface area is 161 Å². The number of aliphatic carboxylic acids is 1. The number of rotatable bonds is 8. The number of carboxylic acid groups (broad SMARTS) is 1. The van der Waals surface area contributed by atoms with Crippen molar-refractivity contribution in [2.24, 2.45) is 0 Å². The lowest BCUT2D eigenvalue weighted by molar-refractivity contribution is -0.135. The third kappa shape index (κ3) is 5.24. The van der Waals surface area contributed by atoms with Crippen LogP contribution in [0, 0.1) is 0 Å². The molecule has 0 saturated heterocycles. The largest absolute Gasteiger partial charge is 0.481 e. The zero-order valence-corrected chi connectivity index (χ0v) is 14.5. The number of benzene rings is 2. The number of oxazole rings is 1. The van der Waals surface area contributed by atoms with Gasteiger partial charge in [-0.1, -0.05) is 12.1 Å². The van der Waals surface area contributed by atoms with Crippen molar-refractivity contribution in [1.29, 1.82) is 0 Å². The van der Waals surface area contributed by atoms with Crippen molar-refractivity contribution in [3.05, 3.63) is 53.9 Å². The number of ether oxygens (including phenoxy) is 2. The van der Waals surface area contributed by atoms with Gasteiger partial charge in [0.25, 0.3) is 0 Å². The lowest BCUT2D eigenvalue weighted by Gasteiger charge is -2.12. The number of hydrogen-bond donors (Lipinski definition) is 1. The molecule has 0 aliphatic rings. The van der Waals surface area contributed by atoms with E-state index in [1.165, 1.54) is 12.1 Å². The zero-order chi connectivity index (χ0) is 21.0. The van der Waals surface area contributed by atoms with Crippen molar-refractivity contribution in [2.45, 2.75) is 19.6 Å². The summed E-state index contributed by atoms with van der Waals surface area (Å²) >= 11 is 0. The summed E-state index contributed by atoms with van der Waals surface area (Å²) in [4.78, 5) is 15.5. The molecule has 6 nitrogen and oxygen atoms in total. The highest BCUT2D eigenvalue weighted by Gasteiger charge is 2.17. The van der Waals surface area contributed by atoms with Gasteiger partial charge in [0.05, 0.1) is 6.42 Å². The van der Waals surface area contributed by atoms with E-state index in [2.05, 4.69) is 14.5 Å². The summed E-state index contributed by atoms with van der Waals surface area (Å²) in [5.74, 6) is -2.11. The molecular weight excluding hydrogens is 398 g/mol. The number of fused-ring (bicyclic) bond motifs is 1. The first-order valence-electron chi connectivity index (χ1n) is 8.14. The van der Waals surface area contributed by atoms with E-state index < -0.39 is 37.1 Å². The van der Waals surface area contributed by atoms with E-state index in [0.717, 1.165) is 12.1 Å². The first kappa shape index (κ1) is 20.2. The first-order chi connectivity index (χ1) is 13.8. The molecule has 0 aliphatic carbocycles. The van der Waals surface area contributed by atoms with Crippen LogP contribution in [-0.2, 0) is 4.79 Å². The molecule has 2 aromatic carbocycles. The van der Waals surface area contributed by atoms with Crippen molar-refractivity contribution < 1.29 is 41.4 Å².